The van der Waals surface area contributed by atoms with Crippen LogP contribution in [0.4, 0.5) is 0 Å². The summed E-state index contributed by atoms with van der Waals surface area (Å²) in [6.07, 6.45) is 5.11. The summed E-state index contributed by atoms with van der Waals surface area (Å²) in [5, 5.41) is 0. The van der Waals surface area contributed by atoms with E-state index in [2.05, 4.69) is 0 Å². The summed E-state index contributed by atoms with van der Waals surface area (Å²) in [5.41, 5.74) is 0. The molecule has 0 spiro atoms. The Morgan fingerprint density at radius 3 is 1.00 bits per heavy atom. The quantitative estimate of drug-likeness (QED) is 0.432. The van der Waals surface area contributed by atoms with Crippen LogP contribution >= 0.6 is 0 Å². The van der Waals surface area contributed by atoms with Gasteiger partial charge in [0, 0.05) is 26.4 Å². The van der Waals surface area contributed by atoms with Crippen LogP contribution in [-0.2, 0) is 9.47 Å². The predicted octanol–water partition coefficient (Wildman–Crippen LogP) is -1.33. The minimum atomic E-state index is 0. The number of hydrogen-bond donors (Lipinski definition) is 0. The van der Waals surface area contributed by atoms with E-state index in [0.717, 1.165) is 26.4 Å². The maximum absolute atomic E-state index is 4.94. The second-order valence-corrected chi connectivity index (χ2v) is 2.64. The van der Waals surface area contributed by atoms with Gasteiger partial charge in [0.05, 0.1) is 0 Å². The van der Waals surface area contributed by atoms with E-state index in [1.807, 2.05) is 0 Å². The average Bonchev–Trinajstić information content (AvgIpc) is 2.67. The number of ether oxygens (including phenoxy) is 2. The topological polar surface area (TPSA) is 18.5 Å². The average molecular weight is 182 g/mol. The molecule has 0 aromatic carbocycles. The molecule has 2 heterocycles. The van der Waals surface area contributed by atoms with E-state index in [0.29, 0.717) is 0 Å². The summed E-state index contributed by atoms with van der Waals surface area (Å²) in [6, 6.07) is 0. The van der Waals surface area contributed by atoms with Crippen LogP contribution in [0.5, 0.6) is 0 Å². The molecule has 0 aromatic rings. The molecule has 2 aliphatic rings. The minimum Gasteiger partial charge on any atom is -1.00 e. The SMILES string of the molecule is C1CCOC1.C1CCOC1.[Al+3].[H-].[H-].[H-].[H-].[Li+]. The Kier molecular flexibility index (Phi) is 15.6. The van der Waals surface area contributed by atoms with E-state index < -0.39 is 0 Å². The van der Waals surface area contributed by atoms with Gasteiger partial charge in [-0.25, -0.2) is 0 Å². The number of rotatable bonds is 0. The van der Waals surface area contributed by atoms with Crippen LogP contribution in [-0.4, -0.2) is 43.8 Å². The molecule has 0 aliphatic carbocycles. The molecule has 0 unspecified atom stereocenters. The third kappa shape index (κ3) is 9.14. The first-order valence-electron chi connectivity index (χ1n) is 4.15. The van der Waals surface area contributed by atoms with E-state index in [4.69, 9.17) is 9.47 Å². The van der Waals surface area contributed by atoms with Crippen molar-refractivity contribution in [1.82, 2.24) is 0 Å². The molecule has 0 radical (unpaired) electrons. The van der Waals surface area contributed by atoms with Gasteiger partial charge in [0.1, 0.15) is 0 Å². The molecule has 2 fully saturated rings. The van der Waals surface area contributed by atoms with Crippen molar-refractivity contribution in [2.75, 3.05) is 26.4 Å². The van der Waals surface area contributed by atoms with Crippen molar-refractivity contribution in [3.8, 4) is 0 Å². The van der Waals surface area contributed by atoms with Gasteiger partial charge in [-0.1, -0.05) is 0 Å². The zero-order valence-corrected chi connectivity index (χ0v) is 9.21. The molecule has 68 valence electrons. The fraction of sp³-hybridized carbons (Fsp3) is 1.00. The Labute approximate surface area is 104 Å². The van der Waals surface area contributed by atoms with Gasteiger partial charge in [-0.05, 0) is 25.7 Å². The van der Waals surface area contributed by atoms with Gasteiger partial charge in [0.25, 0.3) is 0 Å². The third-order valence-corrected chi connectivity index (χ3v) is 1.65. The van der Waals surface area contributed by atoms with Crippen molar-refractivity contribution < 1.29 is 34.0 Å². The van der Waals surface area contributed by atoms with Gasteiger partial charge < -0.3 is 15.2 Å². The molecule has 0 bridgehead atoms. The first-order chi connectivity index (χ1) is 5.00. The van der Waals surface area contributed by atoms with E-state index in [9.17, 15) is 0 Å². The minimum absolute atomic E-state index is 0. The van der Waals surface area contributed by atoms with Crippen LogP contribution in [0.2, 0.25) is 0 Å². The van der Waals surface area contributed by atoms with Gasteiger partial charge in [-0.3, -0.25) is 0 Å². The molecule has 2 saturated heterocycles. The fourth-order valence-electron chi connectivity index (χ4n) is 1.02. The molecule has 2 rings (SSSR count). The van der Waals surface area contributed by atoms with E-state index >= 15 is 0 Å². The molecular formula is C8H20AlLiO2. The van der Waals surface area contributed by atoms with Gasteiger partial charge >= 0.3 is 36.2 Å². The normalized spacial score (nSPS) is 20.0. The summed E-state index contributed by atoms with van der Waals surface area (Å²) >= 11 is 0. The van der Waals surface area contributed by atoms with Crippen LogP contribution in [0.1, 0.15) is 31.4 Å². The standard InChI is InChI=1S/2C4H8O.Al.Li.4H/c2*1-2-4-5-3-1;;;;;;/h2*1-4H2;;;;;;/q;;+3;+1;4*-1. The smallest absolute Gasteiger partial charge is 1.00 e. The largest absolute Gasteiger partial charge is 3.00 e. The molecule has 4 heteroatoms. The molecule has 0 aromatic heterocycles. The van der Waals surface area contributed by atoms with Crippen molar-refractivity contribution in [3.05, 3.63) is 0 Å². The second-order valence-electron chi connectivity index (χ2n) is 2.64. The first-order valence-corrected chi connectivity index (χ1v) is 4.15. The van der Waals surface area contributed by atoms with E-state index in [-0.39, 0.29) is 41.9 Å². The van der Waals surface area contributed by atoms with E-state index in [1.165, 1.54) is 25.7 Å². The second kappa shape index (κ2) is 12.0. The zero-order valence-electron chi connectivity index (χ0n) is 12.1. The van der Waals surface area contributed by atoms with Crippen LogP contribution in [0.3, 0.4) is 0 Å². The Hall–Kier alpha value is 1.05. The van der Waals surface area contributed by atoms with Gasteiger partial charge in [0.2, 0.25) is 0 Å². The Morgan fingerprint density at radius 2 is 0.917 bits per heavy atom. The maximum atomic E-state index is 4.94. The summed E-state index contributed by atoms with van der Waals surface area (Å²) < 4.78 is 9.89. The van der Waals surface area contributed by atoms with Crippen molar-refractivity contribution in [2.24, 2.45) is 0 Å². The molecule has 0 amide bonds. The maximum Gasteiger partial charge on any atom is 3.00 e. The summed E-state index contributed by atoms with van der Waals surface area (Å²) in [6.45, 7) is 4.00. The van der Waals surface area contributed by atoms with Gasteiger partial charge in [0.15, 0.2) is 0 Å². The van der Waals surface area contributed by atoms with Crippen LogP contribution in [0, 0.1) is 0 Å². The van der Waals surface area contributed by atoms with Crippen LogP contribution in [0.25, 0.3) is 0 Å². The predicted molar refractivity (Wildman–Crippen MR) is 50.3 cm³/mol. The number of hydrogen-bond acceptors (Lipinski definition) is 2. The summed E-state index contributed by atoms with van der Waals surface area (Å²) in [7, 11) is 0. The van der Waals surface area contributed by atoms with Crippen molar-refractivity contribution >= 4 is 17.4 Å². The van der Waals surface area contributed by atoms with Gasteiger partial charge in [-0.2, -0.15) is 0 Å². The fourth-order valence-corrected chi connectivity index (χ4v) is 1.02. The molecule has 0 saturated carbocycles. The molecule has 0 N–H and O–H groups in total. The Morgan fingerprint density at radius 1 is 0.667 bits per heavy atom. The van der Waals surface area contributed by atoms with Crippen molar-refractivity contribution in [3.63, 3.8) is 0 Å². The Balaban J connectivity index is -0.0000000227. The molecule has 2 aliphatic heterocycles. The third-order valence-electron chi connectivity index (χ3n) is 1.65. The first kappa shape index (κ1) is 15.5. The molecule has 12 heavy (non-hydrogen) atoms. The molecule has 2 nitrogen and oxygen atoms in total. The van der Waals surface area contributed by atoms with Crippen LogP contribution < -0.4 is 18.9 Å². The van der Waals surface area contributed by atoms with E-state index in [1.54, 1.807) is 0 Å². The molecule has 0 atom stereocenters. The summed E-state index contributed by atoms with van der Waals surface area (Å²) in [5.74, 6) is 0. The van der Waals surface area contributed by atoms with Crippen molar-refractivity contribution in [1.29, 1.82) is 0 Å². The Bertz CT molecular complexity index is 63.2. The van der Waals surface area contributed by atoms with Gasteiger partial charge in [-0.15, -0.1) is 0 Å². The monoisotopic (exact) mass is 182 g/mol. The summed E-state index contributed by atoms with van der Waals surface area (Å²) in [4.78, 5) is 0. The van der Waals surface area contributed by atoms with Crippen LogP contribution in [0.15, 0.2) is 0 Å². The zero-order chi connectivity index (χ0) is 7.07. The van der Waals surface area contributed by atoms with Crippen molar-refractivity contribution in [2.45, 2.75) is 25.7 Å². The molecular weight excluding hydrogens is 162 g/mol.